The quantitative estimate of drug-likeness (QED) is 0.439. The third-order valence-corrected chi connectivity index (χ3v) is 5.23. The number of benzene rings is 2. The van der Waals surface area contributed by atoms with E-state index in [0.717, 1.165) is 16.8 Å². The number of nitrogens with one attached hydrogen (secondary N) is 2. The van der Waals surface area contributed by atoms with Crippen LogP contribution in [0.15, 0.2) is 83.6 Å². The normalized spacial score (nSPS) is 12.3. The van der Waals surface area contributed by atoms with E-state index in [4.69, 9.17) is 4.42 Å². The molecule has 152 valence electrons. The maximum absolute atomic E-state index is 12.4. The number of aromatic nitrogens is 1. The molecular formula is C25H25N3O2. The Morgan fingerprint density at radius 2 is 1.90 bits per heavy atom. The van der Waals surface area contributed by atoms with Gasteiger partial charge in [-0.15, -0.1) is 0 Å². The fourth-order valence-electron chi connectivity index (χ4n) is 3.60. The predicted octanol–water partition coefficient (Wildman–Crippen LogP) is 4.79. The van der Waals surface area contributed by atoms with Gasteiger partial charge in [0.25, 0.3) is 0 Å². The molecule has 0 aliphatic rings. The van der Waals surface area contributed by atoms with Crippen LogP contribution in [-0.4, -0.2) is 31.5 Å². The first kappa shape index (κ1) is 19.6. The number of carbonyl (C=O) groups excluding carboxylic acids is 1. The molecule has 2 N–H and O–H groups in total. The summed E-state index contributed by atoms with van der Waals surface area (Å²) in [6.45, 7) is 0.491. The largest absolute Gasteiger partial charge is 0.465 e. The number of nitrogens with zero attached hydrogens (tertiary/aromatic N) is 1. The minimum absolute atomic E-state index is 0.0262. The molecule has 2 heterocycles. The van der Waals surface area contributed by atoms with E-state index in [2.05, 4.69) is 51.6 Å². The van der Waals surface area contributed by atoms with Crippen LogP contribution >= 0.6 is 0 Å². The highest BCUT2D eigenvalue weighted by atomic mass is 16.3. The Morgan fingerprint density at radius 3 is 2.63 bits per heavy atom. The number of fused-ring (bicyclic) bond motifs is 1. The van der Waals surface area contributed by atoms with Gasteiger partial charge in [-0.2, -0.15) is 0 Å². The first-order chi connectivity index (χ1) is 14.6. The van der Waals surface area contributed by atoms with Crippen LogP contribution in [0.25, 0.3) is 17.0 Å². The lowest BCUT2D eigenvalue weighted by Gasteiger charge is -2.19. The number of amides is 1. The average molecular weight is 399 g/mol. The highest BCUT2D eigenvalue weighted by Crippen LogP contribution is 2.31. The van der Waals surface area contributed by atoms with Gasteiger partial charge in [-0.1, -0.05) is 30.3 Å². The average Bonchev–Trinajstić information content (AvgIpc) is 3.43. The summed E-state index contributed by atoms with van der Waals surface area (Å²) < 4.78 is 5.24. The van der Waals surface area contributed by atoms with Gasteiger partial charge in [0.05, 0.1) is 6.26 Å². The Morgan fingerprint density at radius 1 is 1.10 bits per heavy atom. The molecule has 0 saturated carbocycles. The lowest BCUT2D eigenvalue weighted by atomic mass is 9.90. The molecule has 30 heavy (non-hydrogen) atoms. The van der Waals surface area contributed by atoms with Gasteiger partial charge in [0.1, 0.15) is 5.76 Å². The van der Waals surface area contributed by atoms with Gasteiger partial charge >= 0.3 is 0 Å². The molecule has 0 radical (unpaired) electrons. The molecule has 4 aromatic rings. The van der Waals surface area contributed by atoms with Crippen molar-refractivity contribution in [1.29, 1.82) is 0 Å². The molecule has 5 nitrogen and oxygen atoms in total. The van der Waals surface area contributed by atoms with E-state index in [9.17, 15) is 4.79 Å². The molecule has 2 aromatic heterocycles. The Kier molecular flexibility index (Phi) is 5.70. The van der Waals surface area contributed by atoms with Crippen LogP contribution in [0.4, 0.5) is 5.69 Å². The van der Waals surface area contributed by atoms with E-state index in [-0.39, 0.29) is 11.8 Å². The summed E-state index contributed by atoms with van der Waals surface area (Å²) in [7, 11) is 4.05. The van der Waals surface area contributed by atoms with Crippen molar-refractivity contribution in [2.75, 3.05) is 25.5 Å². The van der Waals surface area contributed by atoms with Crippen LogP contribution in [0, 0.1) is 0 Å². The van der Waals surface area contributed by atoms with Gasteiger partial charge in [-0.3, -0.25) is 4.79 Å². The van der Waals surface area contributed by atoms with E-state index in [1.807, 2.05) is 38.5 Å². The van der Waals surface area contributed by atoms with Crippen LogP contribution in [-0.2, 0) is 4.79 Å². The summed E-state index contributed by atoms with van der Waals surface area (Å²) in [6, 6.07) is 20.3. The summed E-state index contributed by atoms with van der Waals surface area (Å²) in [4.78, 5) is 17.8. The molecule has 1 atom stereocenters. The maximum atomic E-state index is 12.4. The molecule has 0 spiro atoms. The fourth-order valence-corrected chi connectivity index (χ4v) is 3.60. The van der Waals surface area contributed by atoms with Crippen LogP contribution < -0.4 is 10.2 Å². The second-order valence-electron chi connectivity index (χ2n) is 7.42. The molecule has 0 bridgehead atoms. The van der Waals surface area contributed by atoms with E-state index in [0.29, 0.717) is 12.3 Å². The predicted molar refractivity (Wildman–Crippen MR) is 122 cm³/mol. The second-order valence-corrected chi connectivity index (χ2v) is 7.42. The summed E-state index contributed by atoms with van der Waals surface area (Å²) in [6.07, 6.45) is 6.80. The molecule has 0 fully saturated rings. The van der Waals surface area contributed by atoms with Crippen molar-refractivity contribution in [2.45, 2.75) is 5.92 Å². The zero-order valence-corrected chi connectivity index (χ0v) is 17.1. The monoisotopic (exact) mass is 399 g/mol. The Hall–Kier alpha value is -3.73. The molecule has 0 aliphatic carbocycles. The van der Waals surface area contributed by atoms with Crippen LogP contribution in [0.5, 0.6) is 0 Å². The van der Waals surface area contributed by atoms with Crippen molar-refractivity contribution >= 4 is 28.6 Å². The summed E-state index contributed by atoms with van der Waals surface area (Å²) in [5.74, 6) is 0.525. The number of para-hydroxylation sites is 1. The lowest BCUT2D eigenvalue weighted by molar-refractivity contribution is -0.116. The molecule has 4 rings (SSSR count). The number of anilines is 1. The minimum Gasteiger partial charge on any atom is -0.465 e. The molecular weight excluding hydrogens is 374 g/mol. The van der Waals surface area contributed by atoms with E-state index in [1.54, 1.807) is 18.4 Å². The first-order valence-electron chi connectivity index (χ1n) is 9.94. The van der Waals surface area contributed by atoms with Crippen molar-refractivity contribution < 1.29 is 9.21 Å². The maximum Gasteiger partial charge on any atom is 0.244 e. The van der Waals surface area contributed by atoms with E-state index in [1.165, 1.54) is 17.0 Å². The van der Waals surface area contributed by atoms with Crippen molar-refractivity contribution in [1.82, 2.24) is 10.3 Å². The molecule has 0 unspecified atom stereocenters. The standard InChI is InChI=1S/C25H25N3O2/c1-28(2)19-11-9-18(10-12-19)22(23-17-26-24-8-4-3-7-21(23)24)16-27-25(29)14-13-20-6-5-15-30-20/h3-15,17,22,26H,16H2,1-2H3,(H,27,29)/t22-/m0/s1. The number of H-pyrrole nitrogens is 1. The van der Waals surface area contributed by atoms with Crippen molar-refractivity contribution in [3.63, 3.8) is 0 Å². The Bertz CT molecular complexity index is 1140. The number of hydrogen-bond donors (Lipinski definition) is 2. The molecule has 0 aliphatic heterocycles. The first-order valence-corrected chi connectivity index (χ1v) is 9.94. The highest BCUT2D eigenvalue weighted by molar-refractivity contribution is 5.91. The van der Waals surface area contributed by atoms with Crippen LogP contribution in [0.2, 0.25) is 0 Å². The highest BCUT2D eigenvalue weighted by Gasteiger charge is 2.19. The van der Waals surface area contributed by atoms with Crippen LogP contribution in [0.1, 0.15) is 22.8 Å². The Balaban J connectivity index is 1.59. The molecule has 5 heteroatoms. The SMILES string of the molecule is CN(C)c1ccc([C@H](CNC(=O)C=Cc2ccco2)c2c[nH]c3ccccc23)cc1. The smallest absolute Gasteiger partial charge is 0.244 e. The van der Waals surface area contributed by atoms with Gasteiger partial charge in [-0.25, -0.2) is 0 Å². The zero-order valence-electron chi connectivity index (χ0n) is 17.1. The fraction of sp³-hybridized carbons (Fsp3) is 0.160. The third kappa shape index (κ3) is 4.30. The van der Waals surface area contributed by atoms with Gasteiger partial charge in [0.15, 0.2) is 0 Å². The van der Waals surface area contributed by atoms with Gasteiger partial charge in [0, 0.05) is 55.4 Å². The van der Waals surface area contributed by atoms with Gasteiger partial charge in [0.2, 0.25) is 5.91 Å². The summed E-state index contributed by atoms with van der Waals surface area (Å²) >= 11 is 0. The molecule has 0 saturated heterocycles. The van der Waals surface area contributed by atoms with E-state index < -0.39 is 0 Å². The summed E-state index contributed by atoms with van der Waals surface area (Å²) in [5.41, 5.74) is 4.55. The number of furan rings is 1. The van der Waals surface area contributed by atoms with Crippen molar-refractivity contribution in [3.05, 3.63) is 96.1 Å². The molecule has 1 amide bonds. The Labute approximate surface area is 176 Å². The number of carbonyl (C=O) groups is 1. The minimum atomic E-state index is -0.152. The van der Waals surface area contributed by atoms with Crippen molar-refractivity contribution in [3.8, 4) is 0 Å². The lowest BCUT2D eigenvalue weighted by Crippen LogP contribution is -2.27. The van der Waals surface area contributed by atoms with Gasteiger partial charge in [-0.05, 0) is 47.5 Å². The number of aromatic amines is 1. The summed E-state index contributed by atoms with van der Waals surface area (Å²) in [5, 5.41) is 4.21. The number of rotatable bonds is 7. The number of hydrogen-bond acceptors (Lipinski definition) is 3. The van der Waals surface area contributed by atoms with Crippen molar-refractivity contribution in [2.24, 2.45) is 0 Å². The zero-order chi connectivity index (χ0) is 20.9. The third-order valence-electron chi connectivity index (χ3n) is 5.23. The van der Waals surface area contributed by atoms with Gasteiger partial charge < -0.3 is 19.6 Å². The topological polar surface area (TPSA) is 61.3 Å². The van der Waals surface area contributed by atoms with E-state index >= 15 is 0 Å². The second kappa shape index (κ2) is 8.74. The molecule has 2 aromatic carbocycles. The van der Waals surface area contributed by atoms with Crippen LogP contribution in [0.3, 0.4) is 0 Å².